The van der Waals surface area contributed by atoms with Crippen molar-refractivity contribution in [2.24, 2.45) is 5.41 Å². The molecule has 16 heavy (non-hydrogen) atoms. The van der Waals surface area contributed by atoms with E-state index in [-0.39, 0.29) is 0 Å². The summed E-state index contributed by atoms with van der Waals surface area (Å²) < 4.78 is 1.21. The maximum absolute atomic E-state index is 3.51. The molecule has 92 valence electrons. The van der Waals surface area contributed by atoms with Crippen molar-refractivity contribution < 1.29 is 0 Å². The molecule has 0 aliphatic heterocycles. The van der Waals surface area contributed by atoms with E-state index in [1.54, 1.807) is 0 Å². The lowest BCUT2D eigenvalue weighted by atomic mass is 9.85. The highest BCUT2D eigenvalue weighted by atomic mass is 79.9. The molecule has 1 aromatic heterocycles. The molecule has 0 unspecified atom stereocenters. The summed E-state index contributed by atoms with van der Waals surface area (Å²) in [7, 11) is 0. The van der Waals surface area contributed by atoms with Gasteiger partial charge in [0.05, 0.1) is 0 Å². The molecule has 1 nitrogen and oxygen atoms in total. The molecule has 0 saturated carbocycles. The van der Waals surface area contributed by atoms with Crippen LogP contribution < -0.4 is 5.32 Å². The van der Waals surface area contributed by atoms with Gasteiger partial charge in [0.15, 0.2) is 0 Å². The van der Waals surface area contributed by atoms with Gasteiger partial charge in [-0.2, -0.15) is 0 Å². The van der Waals surface area contributed by atoms with E-state index in [9.17, 15) is 0 Å². The Bertz CT molecular complexity index is 317. The maximum atomic E-state index is 3.51. The van der Waals surface area contributed by atoms with E-state index in [2.05, 4.69) is 60.4 Å². The normalized spacial score (nSPS) is 12.4. The van der Waals surface area contributed by atoms with Crippen LogP contribution in [-0.2, 0) is 6.42 Å². The summed E-state index contributed by atoms with van der Waals surface area (Å²) in [4.78, 5) is 1.47. The van der Waals surface area contributed by atoms with Gasteiger partial charge in [0, 0.05) is 20.8 Å². The fourth-order valence-electron chi connectivity index (χ4n) is 1.71. The van der Waals surface area contributed by atoms with E-state index in [4.69, 9.17) is 0 Å². The van der Waals surface area contributed by atoms with Crippen LogP contribution in [0.1, 0.15) is 39.0 Å². The fourth-order valence-corrected chi connectivity index (χ4v) is 3.42. The van der Waals surface area contributed by atoms with Crippen LogP contribution in [0.2, 0.25) is 0 Å². The van der Waals surface area contributed by atoms with E-state index in [0.717, 1.165) is 6.54 Å². The van der Waals surface area contributed by atoms with Gasteiger partial charge in [0.25, 0.3) is 0 Å². The van der Waals surface area contributed by atoms with Crippen molar-refractivity contribution in [3.8, 4) is 0 Å². The molecule has 0 aliphatic rings. The lowest BCUT2D eigenvalue weighted by Crippen LogP contribution is -2.28. The molecular formula is C13H22BrNS. The smallest absolute Gasteiger partial charge is 0.0285 e. The molecule has 0 radical (unpaired) electrons. The summed E-state index contributed by atoms with van der Waals surface area (Å²) in [6.07, 6.45) is 2.39. The van der Waals surface area contributed by atoms with Crippen LogP contribution in [0, 0.1) is 5.41 Å². The zero-order valence-corrected chi connectivity index (χ0v) is 13.0. The molecule has 0 amide bonds. The summed E-state index contributed by atoms with van der Waals surface area (Å²) in [5, 5.41) is 5.65. The highest BCUT2D eigenvalue weighted by molar-refractivity contribution is 9.10. The van der Waals surface area contributed by atoms with Crippen molar-refractivity contribution in [2.75, 3.05) is 6.54 Å². The summed E-state index contributed by atoms with van der Waals surface area (Å²) in [6, 6.07) is 2.83. The van der Waals surface area contributed by atoms with Gasteiger partial charge >= 0.3 is 0 Å². The van der Waals surface area contributed by atoms with Gasteiger partial charge < -0.3 is 5.32 Å². The Kier molecular flexibility index (Phi) is 5.48. The van der Waals surface area contributed by atoms with E-state index in [1.165, 1.54) is 22.2 Å². The molecule has 1 N–H and O–H groups in total. The Morgan fingerprint density at radius 2 is 2.12 bits per heavy atom. The molecule has 0 aliphatic carbocycles. The first-order chi connectivity index (χ1) is 7.39. The van der Waals surface area contributed by atoms with Crippen LogP contribution in [0.15, 0.2) is 15.9 Å². The van der Waals surface area contributed by atoms with Crippen LogP contribution in [0.4, 0.5) is 0 Å². The third-order valence-corrected chi connectivity index (χ3v) is 4.33. The predicted molar refractivity (Wildman–Crippen MR) is 77.3 cm³/mol. The standard InChI is InChI=1S/C13H22BrNS/c1-10(2)15-6-5-13(3,4)8-12-7-11(14)9-16-12/h7,9-10,15H,5-6,8H2,1-4H3. The number of rotatable bonds is 6. The number of hydrogen-bond acceptors (Lipinski definition) is 2. The largest absolute Gasteiger partial charge is 0.315 e. The van der Waals surface area contributed by atoms with Crippen molar-refractivity contribution in [1.29, 1.82) is 0 Å². The summed E-state index contributed by atoms with van der Waals surface area (Å²) in [6.45, 7) is 10.2. The minimum absolute atomic E-state index is 0.381. The molecule has 0 aromatic carbocycles. The Hall–Kier alpha value is 0.140. The monoisotopic (exact) mass is 303 g/mol. The average molecular weight is 304 g/mol. The van der Waals surface area contributed by atoms with Crippen LogP contribution in [0.5, 0.6) is 0 Å². The number of nitrogens with one attached hydrogen (secondary N) is 1. The van der Waals surface area contributed by atoms with Gasteiger partial charge in [0.2, 0.25) is 0 Å². The van der Waals surface area contributed by atoms with Gasteiger partial charge in [-0.15, -0.1) is 11.3 Å². The molecule has 0 saturated heterocycles. The molecule has 1 heterocycles. The van der Waals surface area contributed by atoms with Crippen molar-refractivity contribution in [2.45, 2.75) is 46.6 Å². The van der Waals surface area contributed by atoms with Crippen molar-refractivity contribution >= 4 is 27.3 Å². The van der Waals surface area contributed by atoms with Crippen LogP contribution in [0.25, 0.3) is 0 Å². The van der Waals surface area contributed by atoms with Crippen molar-refractivity contribution in [1.82, 2.24) is 5.32 Å². The first kappa shape index (κ1) is 14.2. The van der Waals surface area contributed by atoms with E-state index >= 15 is 0 Å². The molecule has 0 fully saturated rings. The number of halogens is 1. The Labute approximate surface area is 112 Å². The molecule has 3 heteroatoms. The minimum atomic E-state index is 0.381. The Morgan fingerprint density at radius 1 is 1.44 bits per heavy atom. The lowest BCUT2D eigenvalue weighted by molar-refractivity contribution is 0.323. The lowest BCUT2D eigenvalue weighted by Gasteiger charge is -2.24. The number of hydrogen-bond donors (Lipinski definition) is 1. The molecule has 1 aromatic rings. The first-order valence-corrected chi connectivity index (χ1v) is 7.53. The molecule has 0 spiro atoms. The molecule has 0 bridgehead atoms. The summed E-state index contributed by atoms with van der Waals surface area (Å²) in [5.74, 6) is 0. The van der Waals surface area contributed by atoms with Gasteiger partial charge in [-0.3, -0.25) is 0 Å². The van der Waals surface area contributed by atoms with Crippen LogP contribution in [-0.4, -0.2) is 12.6 Å². The second-order valence-electron chi connectivity index (χ2n) is 5.43. The van der Waals surface area contributed by atoms with Gasteiger partial charge in [-0.1, -0.05) is 27.7 Å². The summed E-state index contributed by atoms with van der Waals surface area (Å²) in [5.41, 5.74) is 0.381. The molecule has 1 rings (SSSR count). The van der Waals surface area contributed by atoms with E-state index in [0.29, 0.717) is 11.5 Å². The third-order valence-electron chi connectivity index (χ3n) is 2.63. The minimum Gasteiger partial charge on any atom is -0.315 e. The third kappa shape index (κ3) is 5.46. The average Bonchev–Trinajstić information content (AvgIpc) is 2.48. The van der Waals surface area contributed by atoms with Gasteiger partial charge in [-0.25, -0.2) is 0 Å². The zero-order chi connectivity index (χ0) is 12.2. The SMILES string of the molecule is CC(C)NCCC(C)(C)Cc1cc(Br)cs1. The van der Waals surface area contributed by atoms with E-state index in [1.807, 2.05) is 11.3 Å². The van der Waals surface area contributed by atoms with Gasteiger partial charge in [-0.05, 0) is 46.8 Å². The maximum Gasteiger partial charge on any atom is 0.0285 e. The Balaban J connectivity index is 2.39. The Morgan fingerprint density at radius 3 is 2.62 bits per heavy atom. The highest BCUT2D eigenvalue weighted by Crippen LogP contribution is 2.30. The highest BCUT2D eigenvalue weighted by Gasteiger charge is 2.19. The quantitative estimate of drug-likeness (QED) is 0.818. The molecular weight excluding hydrogens is 282 g/mol. The second kappa shape index (κ2) is 6.18. The van der Waals surface area contributed by atoms with E-state index < -0.39 is 0 Å². The van der Waals surface area contributed by atoms with Crippen LogP contribution >= 0.6 is 27.3 Å². The first-order valence-electron chi connectivity index (χ1n) is 5.85. The van der Waals surface area contributed by atoms with Crippen LogP contribution in [0.3, 0.4) is 0 Å². The summed E-state index contributed by atoms with van der Waals surface area (Å²) >= 11 is 5.36. The zero-order valence-electron chi connectivity index (χ0n) is 10.6. The van der Waals surface area contributed by atoms with Gasteiger partial charge in [0.1, 0.15) is 0 Å². The topological polar surface area (TPSA) is 12.0 Å². The molecule has 0 atom stereocenters. The predicted octanol–water partition coefficient (Wildman–Crippen LogP) is 4.47. The van der Waals surface area contributed by atoms with Crippen molar-refractivity contribution in [3.63, 3.8) is 0 Å². The number of thiophene rings is 1. The fraction of sp³-hybridized carbons (Fsp3) is 0.692. The van der Waals surface area contributed by atoms with Crippen molar-refractivity contribution in [3.05, 3.63) is 20.8 Å². The second-order valence-corrected chi connectivity index (χ2v) is 7.34.